The van der Waals surface area contributed by atoms with Crippen molar-refractivity contribution in [2.45, 2.75) is 43.9 Å². The van der Waals surface area contributed by atoms with Crippen LogP contribution in [0, 0.1) is 0 Å². The van der Waals surface area contributed by atoms with Crippen molar-refractivity contribution >= 4 is 21.7 Å². The van der Waals surface area contributed by atoms with Crippen LogP contribution in [0.15, 0.2) is 29.2 Å². The van der Waals surface area contributed by atoms with Crippen LogP contribution in [0.4, 0.5) is 5.69 Å². The van der Waals surface area contributed by atoms with Crippen molar-refractivity contribution in [3.8, 4) is 0 Å². The van der Waals surface area contributed by atoms with Crippen LogP contribution < -0.4 is 4.31 Å². The van der Waals surface area contributed by atoms with Gasteiger partial charge in [0.2, 0.25) is 0 Å². The van der Waals surface area contributed by atoms with Crippen LogP contribution in [0.1, 0.15) is 43.1 Å². The van der Waals surface area contributed by atoms with Gasteiger partial charge in [-0.3, -0.25) is 13.8 Å². The van der Waals surface area contributed by atoms with E-state index in [2.05, 4.69) is 5.10 Å². The Morgan fingerprint density at radius 2 is 1.96 bits per heavy atom. The Labute approximate surface area is 153 Å². The monoisotopic (exact) mass is 377 g/mol. The van der Waals surface area contributed by atoms with Crippen molar-refractivity contribution in [1.29, 1.82) is 0 Å². The Hall–Kier alpha value is -2.35. The van der Waals surface area contributed by atoms with Gasteiger partial charge >= 0.3 is 5.97 Å². The summed E-state index contributed by atoms with van der Waals surface area (Å²) in [6.07, 6.45) is 1.30. The summed E-state index contributed by atoms with van der Waals surface area (Å²) >= 11 is 0. The first-order valence-corrected chi connectivity index (χ1v) is 10.2. The molecule has 2 heterocycles. The van der Waals surface area contributed by atoms with Gasteiger partial charge < -0.3 is 5.11 Å². The number of hydrogen-bond donors (Lipinski definition) is 1. The minimum atomic E-state index is -3.83. The lowest BCUT2D eigenvalue weighted by Gasteiger charge is -2.33. The number of para-hydroxylation sites is 1. The van der Waals surface area contributed by atoms with Gasteiger partial charge in [0.05, 0.1) is 23.0 Å². The molecule has 0 amide bonds. The zero-order valence-corrected chi connectivity index (χ0v) is 16.0. The van der Waals surface area contributed by atoms with Gasteiger partial charge in [-0.1, -0.05) is 32.0 Å². The van der Waals surface area contributed by atoms with E-state index in [-0.39, 0.29) is 17.9 Å². The van der Waals surface area contributed by atoms with Gasteiger partial charge in [-0.25, -0.2) is 8.42 Å². The van der Waals surface area contributed by atoms with Gasteiger partial charge in [0.25, 0.3) is 10.0 Å². The maximum absolute atomic E-state index is 13.5. The second-order valence-corrected chi connectivity index (χ2v) is 8.17. The van der Waals surface area contributed by atoms with Crippen molar-refractivity contribution in [3.05, 3.63) is 41.2 Å². The van der Waals surface area contributed by atoms with Crippen LogP contribution in [-0.4, -0.2) is 35.8 Å². The van der Waals surface area contributed by atoms with E-state index in [0.717, 1.165) is 0 Å². The lowest BCUT2D eigenvalue weighted by Crippen LogP contribution is -2.38. The van der Waals surface area contributed by atoms with Crippen molar-refractivity contribution in [3.63, 3.8) is 0 Å². The third kappa shape index (κ3) is 2.78. The number of anilines is 1. The van der Waals surface area contributed by atoms with Gasteiger partial charge in [-0.05, 0) is 30.9 Å². The van der Waals surface area contributed by atoms with Gasteiger partial charge in [-0.15, -0.1) is 0 Å². The summed E-state index contributed by atoms with van der Waals surface area (Å²) in [5, 5.41) is 13.9. The predicted octanol–water partition coefficient (Wildman–Crippen LogP) is 2.31. The molecule has 3 rings (SSSR count). The molecule has 1 unspecified atom stereocenters. The van der Waals surface area contributed by atoms with Gasteiger partial charge in [0.15, 0.2) is 0 Å². The number of aryl methyl sites for hydroxylation is 2. The number of sulfonamides is 1. The van der Waals surface area contributed by atoms with E-state index >= 15 is 0 Å². The molecule has 1 aromatic carbocycles. The highest BCUT2D eigenvalue weighted by molar-refractivity contribution is 7.93. The number of aromatic nitrogens is 2. The van der Waals surface area contributed by atoms with E-state index in [1.54, 1.807) is 36.0 Å². The molecular formula is C18H23N3O4S. The number of rotatable bonds is 5. The highest BCUT2D eigenvalue weighted by Gasteiger charge is 2.38. The second kappa shape index (κ2) is 6.75. The second-order valence-electron chi connectivity index (χ2n) is 6.37. The lowest BCUT2D eigenvalue weighted by atomic mass is 9.91. The minimum Gasteiger partial charge on any atom is -0.481 e. The van der Waals surface area contributed by atoms with E-state index in [4.69, 9.17) is 0 Å². The van der Waals surface area contributed by atoms with Gasteiger partial charge in [-0.2, -0.15) is 5.10 Å². The average molecular weight is 377 g/mol. The summed E-state index contributed by atoms with van der Waals surface area (Å²) in [4.78, 5) is 11.8. The fourth-order valence-electron chi connectivity index (χ4n) is 3.67. The van der Waals surface area contributed by atoms with E-state index < -0.39 is 21.9 Å². The van der Waals surface area contributed by atoms with Crippen LogP contribution in [0.2, 0.25) is 0 Å². The number of nitrogens with zero attached hydrogens (tertiary/aromatic N) is 3. The van der Waals surface area contributed by atoms with Crippen LogP contribution in [0.25, 0.3) is 0 Å². The SMILES string of the molecule is CCc1nn(C)c(CC)c1S(=O)(=O)N1CCC(C(=O)O)c2ccccc21. The molecule has 8 heteroatoms. The molecule has 0 bridgehead atoms. The summed E-state index contributed by atoms with van der Waals surface area (Å²) < 4.78 is 30.0. The third-order valence-electron chi connectivity index (χ3n) is 4.90. The van der Waals surface area contributed by atoms with E-state index in [1.165, 1.54) is 4.31 Å². The topological polar surface area (TPSA) is 92.5 Å². The molecule has 2 aromatic rings. The molecule has 0 aliphatic carbocycles. The smallest absolute Gasteiger partial charge is 0.311 e. The molecule has 7 nitrogen and oxygen atoms in total. The number of carbonyl (C=O) groups is 1. The molecule has 140 valence electrons. The van der Waals surface area contributed by atoms with Crippen LogP contribution in [-0.2, 0) is 34.7 Å². The fraction of sp³-hybridized carbons (Fsp3) is 0.444. The number of benzene rings is 1. The summed E-state index contributed by atoms with van der Waals surface area (Å²) in [7, 11) is -2.08. The fourth-order valence-corrected chi connectivity index (χ4v) is 5.72. The Balaban J connectivity index is 2.18. The molecule has 1 atom stereocenters. The number of carboxylic acids is 1. The first-order chi connectivity index (χ1) is 12.3. The Morgan fingerprint density at radius 3 is 2.58 bits per heavy atom. The summed E-state index contributed by atoms with van der Waals surface area (Å²) in [5.74, 6) is -1.62. The maximum atomic E-state index is 13.5. The quantitative estimate of drug-likeness (QED) is 0.863. The first-order valence-electron chi connectivity index (χ1n) is 8.72. The Morgan fingerprint density at radius 1 is 1.27 bits per heavy atom. The van der Waals surface area contributed by atoms with Crippen molar-refractivity contribution in [2.75, 3.05) is 10.8 Å². The minimum absolute atomic E-state index is 0.136. The zero-order valence-electron chi connectivity index (χ0n) is 15.1. The molecule has 0 fully saturated rings. The molecule has 0 radical (unpaired) electrons. The molecule has 0 saturated heterocycles. The van der Waals surface area contributed by atoms with Crippen molar-refractivity contribution in [2.24, 2.45) is 7.05 Å². The van der Waals surface area contributed by atoms with Crippen molar-refractivity contribution in [1.82, 2.24) is 9.78 Å². The molecular weight excluding hydrogens is 354 g/mol. The van der Waals surface area contributed by atoms with Crippen LogP contribution >= 0.6 is 0 Å². The Bertz CT molecular complexity index is 949. The van der Waals surface area contributed by atoms with E-state index in [1.807, 2.05) is 13.8 Å². The highest BCUT2D eigenvalue weighted by Crippen LogP contribution is 2.39. The summed E-state index contributed by atoms with van der Waals surface area (Å²) in [6.45, 7) is 3.92. The number of hydrogen-bond acceptors (Lipinski definition) is 4. The molecule has 26 heavy (non-hydrogen) atoms. The predicted molar refractivity (Wildman–Crippen MR) is 97.9 cm³/mol. The molecule has 1 aliphatic heterocycles. The number of fused-ring (bicyclic) bond motifs is 1. The summed E-state index contributed by atoms with van der Waals surface area (Å²) in [6, 6.07) is 6.84. The summed E-state index contributed by atoms with van der Waals surface area (Å²) in [5.41, 5.74) is 2.19. The van der Waals surface area contributed by atoms with Crippen LogP contribution in [0.3, 0.4) is 0 Å². The maximum Gasteiger partial charge on any atom is 0.311 e. The highest BCUT2D eigenvalue weighted by atomic mass is 32.2. The molecule has 0 spiro atoms. The average Bonchev–Trinajstić information content (AvgIpc) is 2.96. The standard InChI is InChI=1S/C18H23N3O4S/c1-4-14-17(15(5-2)20(3)19-14)26(24,25)21-11-10-13(18(22)23)12-8-6-7-9-16(12)21/h6-9,13H,4-5,10-11H2,1-3H3,(H,22,23). The normalized spacial score (nSPS) is 17.2. The van der Waals surface area contributed by atoms with Crippen molar-refractivity contribution < 1.29 is 18.3 Å². The van der Waals surface area contributed by atoms with E-state index in [0.29, 0.717) is 35.5 Å². The first kappa shape index (κ1) is 18.4. The number of carboxylic acid groups (broad SMARTS) is 1. The zero-order chi connectivity index (χ0) is 19.1. The van der Waals surface area contributed by atoms with Gasteiger partial charge in [0.1, 0.15) is 4.90 Å². The number of aliphatic carboxylic acids is 1. The molecule has 1 aromatic heterocycles. The lowest BCUT2D eigenvalue weighted by molar-refractivity contribution is -0.139. The Kier molecular flexibility index (Phi) is 4.79. The third-order valence-corrected chi connectivity index (χ3v) is 6.85. The molecule has 1 N–H and O–H groups in total. The largest absolute Gasteiger partial charge is 0.481 e. The van der Waals surface area contributed by atoms with E-state index in [9.17, 15) is 18.3 Å². The molecule has 0 saturated carbocycles. The van der Waals surface area contributed by atoms with Crippen LogP contribution in [0.5, 0.6) is 0 Å². The van der Waals surface area contributed by atoms with Gasteiger partial charge in [0, 0.05) is 13.6 Å². The molecule has 1 aliphatic rings.